The van der Waals surface area contributed by atoms with Crippen molar-refractivity contribution in [1.29, 1.82) is 0 Å². The first-order valence-electron chi connectivity index (χ1n) is 13.5. The van der Waals surface area contributed by atoms with Crippen LogP contribution in [0.1, 0.15) is 76.0 Å². The number of oxazole rings is 1. The third-order valence-electron chi connectivity index (χ3n) is 7.09. The summed E-state index contributed by atoms with van der Waals surface area (Å²) in [6.45, 7) is 18.5. The lowest BCUT2D eigenvalue weighted by Gasteiger charge is -2.34. The van der Waals surface area contributed by atoms with Crippen LogP contribution in [-0.2, 0) is 4.79 Å². The highest BCUT2D eigenvalue weighted by Crippen LogP contribution is 2.36. The molecule has 3 heterocycles. The number of rotatable bonds is 10. The molecule has 1 amide bonds. The third-order valence-corrected chi connectivity index (χ3v) is 8.11. The number of carbonyl (C=O) groups is 1. The van der Waals surface area contributed by atoms with Gasteiger partial charge >= 0.3 is 0 Å². The minimum atomic E-state index is 0.0823. The van der Waals surface area contributed by atoms with Crippen molar-refractivity contribution in [3.05, 3.63) is 47.5 Å². The van der Waals surface area contributed by atoms with E-state index in [1.807, 2.05) is 6.07 Å². The zero-order chi connectivity index (χ0) is 26.5. The molecule has 1 aromatic carbocycles. The maximum Gasteiger partial charge on any atom is 0.238 e. The molecule has 4 rings (SSSR count). The van der Waals surface area contributed by atoms with E-state index in [9.17, 15) is 4.79 Å². The second-order valence-corrected chi connectivity index (χ2v) is 12.0. The topological polar surface area (TPSA) is 74.5 Å². The van der Waals surface area contributed by atoms with Crippen molar-refractivity contribution < 1.29 is 9.21 Å². The van der Waals surface area contributed by atoms with Gasteiger partial charge in [-0.05, 0) is 40.5 Å². The molecule has 200 valence electrons. The van der Waals surface area contributed by atoms with Crippen molar-refractivity contribution in [2.75, 3.05) is 50.3 Å². The predicted molar refractivity (Wildman–Crippen MR) is 153 cm³/mol. The van der Waals surface area contributed by atoms with E-state index in [1.54, 1.807) is 18.0 Å². The fourth-order valence-corrected chi connectivity index (χ4v) is 5.80. The third kappa shape index (κ3) is 6.92. The largest absolute Gasteiger partial charge is 0.441 e. The molecule has 0 bridgehead atoms. The Hall–Kier alpha value is -2.42. The summed E-state index contributed by atoms with van der Waals surface area (Å²) in [7, 11) is 0. The summed E-state index contributed by atoms with van der Waals surface area (Å²) in [5, 5.41) is 3.31. The Kier molecular flexibility index (Phi) is 9.27. The standard InChI is InChI=1S/C29H41N5O2S/c1-19(2)22-15-23(20(3)4)27(24(16-22)21(5)6)32-26(35)17-34-11-9-33(10-12-34)13-14-37-25-7-8-30-29-28(25)36-18-31-29/h7-8,15-16,18-21H,9-14,17H2,1-6H3,(H,32,35). The average Bonchev–Trinajstić information content (AvgIpc) is 3.34. The molecule has 0 radical (unpaired) electrons. The van der Waals surface area contributed by atoms with Gasteiger partial charge in [-0.3, -0.25) is 14.6 Å². The number of thioether (sulfide) groups is 1. The minimum Gasteiger partial charge on any atom is -0.441 e. The van der Waals surface area contributed by atoms with Crippen LogP contribution in [0.5, 0.6) is 0 Å². The number of benzene rings is 1. The second kappa shape index (κ2) is 12.4. The number of carbonyl (C=O) groups excluding carboxylic acids is 1. The summed E-state index contributed by atoms with van der Waals surface area (Å²) in [6, 6.07) is 6.56. The second-order valence-electron chi connectivity index (χ2n) is 10.9. The lowest BCUT2D eigenvalue weighted by molar-refractivity contribution is -0.117. The average molecular weight is 524 g/mol. The molecule has 1 fully saturated rings. The molecule has 0 aliphatic carbocycles. The van der Waals surface area contributed by atoms with E-state index in [-0.39, 0.29) is 5.91 Å². The number of piperazine rings is 1. The Morgan fingerprint density at radius 2 is 1.62 bits per heavy atom. The van der Waals surface area contributed by atoms with Crippen LogP contribution >= 0.6 is 11.8 Å². The molecule has 3 aromatic rings. The van der Waals surface area contributed by atoms with E-state index < -0.39 is 0 Å². The van der Waals surface area contributed by atoms with Crippen molar-refractivity contribution in [1.82, 2.24) is 19.8 Å². The molecule has 7 nitrogen and oxygen atoms in total. The van der Waals surface area contributed by atoms with Gasteiger partial charge in [-0.25, -0.2) is 4.98 Å². The van der Waals surface area contributed by atoms with Crippen LogP contribution in [0.3, 0.4) is 0 Å². The lowest BCUT2D eigenvalue weighted by Crippen LogP contribution is -2.49. The van der Waals surface area contributed by atoms with Gasteiger partial charge in [0.1, 0.15) is 0 Å². The van der Waals surface area contributed by atoms with Crippen molar-refractivity contribution in [2.24, 2.45) is 0 Å². The Balaban J connectivity index is 1.29. The first-order chi connectivity index (χ1) is 17.7. The van der Waals surface area contributed by atoms with Crippen molar-refractivity contribution >= 4 is 34.6 Å². The first-order valence-corrected chi connectivity index (χ1v) is 14.4. The molecular weight excluding hydrogens is 482 g/mol. The number of aromatic nitrogens is 2. The van der Waals surface area contributed by atoms with Gasteiger partial charge in [0, 0.05) is 50.4 Å². The van der Waals surface area contributed by atoms with Gasteiger partial charge in [0.05, 0.1) is 11.4 Å². The maximum atomic E-state index is 13.2. The first kappa shape index (κ1) is 27.6. The van der Waals surface area contributed by atoms with Gasteiger partial charge in [0.15, 0.2) is 17.6 Å². The van der Waals surface area contributed by atoms with Gasteiger partial charge in [0.2, 0.25) is 5.91 Å². The molecule has 0 saturated carbocycles. The van der Waals surface area contributed by atoms with E-state index in [2.05, 4.69) is 78.8 Å². The number of nitrogens with one attached hydrogen (secondary N) is 1. The fraction of sp³-hybridized carbons (Fsp3) is 0.552. The predicted octanol–water partition coefficient (Wildman–Crippen LogP) is 5.94. The molecular formula is C29H41N5O2S. The van der Waals surface area contributed by atoms with Gasteiger partial charge < -0.3 is 9.73 Å². The molecule has 1 aliphatic heterocycles. The summed E-state index contributed by atoms with van der Waals surface area (Å²) in [6.07, 6.45) is 3.23. The van der Waals surface area contributed by atoms with E-state index in [4.69, 9.17) is 4.42 Å². The summed E-state index contributed by atoms with van der Waals surface area (Å²) in [5.41, 5.74) is 6.27. The lowest BCUT2D eigenvalue weighted by atomic mass is 9.87. The number of hydrogen-bond donors (Lipinski definition) is 1. The zero-order valence-electron chi connectivity index (χ0n) is 23.1. The van der Waals surface area contributed by atoms with Gasteiger partial charge in [0.25, 0.3) is 0 Å². The van der Waals surface area contributed by atoms with Crippen LogP contribution in [0.2, 0.25) is 0 Å². The van der Waals surface area contributed by atoms with Crippen LogP contribution in [0.4, 0.5) is 5.69 Å². The van der Waals surface area contributed by atoms with Crippen LogP contribution in [-0.4, -0.2) is 70.7 Å². The smallest absolute Gasteiger partial charge is 0.238 e. The molecule has 8 heteroatoms. The molecule has 37 heavy (non-hydrogen) atoms. The summed E-state index contributed by atoms with van der Waals surface area (Å²) >= 11 is 1.78. The van der Waals surface area contributed by atoms with E-state index in [1.165, 1.54) is 23.1 Å². The summed E-state index contributed by atoms with van der Waals surface area (Å²) in [5.74, 6) is 2.21. The number of anilines is 1. The van der Waals surface area contributed by atoms with Crippen LogP contribution in [0, 0.1) is 0 Å². The Morgan fingerprint density at radius 3 is 2.24 bits per heavy atom. The Bertz CT molecular complexity index is 1170. The van der Waals surface area contributed by atoms with E-state index in [0.29, 0.717) is 29.9 Å². The number of nitrogens with zero attached hydrogens (tertiary/aromatic N) is 4. The van der Waals surface area contributed by atoms with Crippen LogP contribution < -0.4 is 5.32 Å². The van der Waals surface area contributed by atoms with Crippen LogP contribution in [0.15, 0.2) is 40.1 Å². The minimum absolute atomic E-state index is 0.0823. The number of fused-ring (bicyclic) bond motifs is 1. The number of amides is 1. The van der Waals surface area contributed by atoms with Crippen molar-refractivity contribution in [3.8, 4) is 0 Å². The Labute approximate surface area is 225 Å². The van der Waals surface area contributed by atoms with Crippen molar-refractivity contribution in [2.45, 2.75) is 64.2 Å². The maximum absolute atomic E-state index is 13.2. The molecule has 0 unspecified atom stereocenters. The van der Waals surface area contributed by atoms with Gasteiger partial charge in [-0.15, -0.1) is 11.8 Å². The summed E-state index contributed by atoms with van der Waals surface area (Å²) < 4.78 is 5.49. The van der Waals surface area contributed by atoms with Gasteiger partial charge in [-0.2, -0.15) is 4.98 Å². The number of hydrogen-bond acceptors (Lipinski definition) is 7. The normalized spacial score (nSPS) is 15.4. The Morgan fingerprint density at radius 1 is 0.973 bits per heavy atom. The fourth-order valence-electron chi connectivity index (χ4n) is 4.80. The molecule has 0 spiro atoms. The molecule has 1 saturated heterocycles. The molecule has 2 aromatic heterocycles. The van der Waals surface area contributed by atoms with E-state index in [0.717, 1.165) is 54.6 Å². The molecule has 0 atom stereocenters. The summed E-state index contributed by atoms with van der Waals surface area (Å²) in [4.78, 5) is 27.3. The SMILES string of the molecule is CC(C)c1cc(C(C)C)c(NC(=O)CN2CCN(CCSc3ccnc4ncoc34)CC2)c(C(C)C)c1. The molecule has 1 aliphatic rings. The number of pyridine rings is 1. The zero-order valence-corrected chi connectivity index (χ0v) is 23.9. The van der Waals surface area contributed by atoms with Crippen LogP contribution in [0.25, 0.3) is 11.2 Å². The highest BCUT2D eigenvalue weighted by molar-refractivity contribution is 7.99. The van der Waals surface area contributed by atoms with Crippen molar-refractivity contribution in [3.63, 3.8) is 0 Å². The highest BCUT2D eigenvalue weighted by Gasteiger charge is 2.22. The highest BCUT2D eigenvalue weighted by atomic mass is 32.2. The quantitative estimate of drug-likeness (QED) is 0.330. The van der Waals surface area contributed by atoms with Gasteiger partial charge in [-0.1, -0.05) is 53.7 Å². The van der Waals surface area contributed by atoms with E-state index >= 15 is 0 Å². The molecule has 1 N–H and O–H groups in total. The monoisotopic (exact) mass is 523 g/mol.